The van der Waals surface area contributed by atoms with Crippen LogP contribution in [0.5, 0.6) is 0 Å². The Morgan fingerprint density at radius 3 is 2.31 bits per heavy atom. The molecule has 2 heteroatoms. The van der Waals surface area contributed by atoms with Crippen molar-refractivity contribution in [3.8, 4) is 0 Å². The van der Waals surface area contributed by atoms with Crippen molar-refractivity contribution in [1.82, 2.24) is 0 Å². The maximum atomic E-state index is 2.54. The monoisotopic (exact) mass is 390 g/mol. The van der Waals surface area contributed by atoms with Crippen molar-refractivity contribution in [2.45, 2.75) is 104 Å². The summed E-state index contributed by atoms with van der Waals surface area (Å²) in [6.45, 7) is 7.13. The van der Waals surface area contributed by atoms with Crippen LogP contribution in [-0.4, -0.2) is 0 Å². The fraction of sp³-hybridized carbons (Fsp3) is 0.750. The molecule has 2 aromatic rings. The Bertz CT molecular complexity index is 611. The van der Waals surface area contributed by atoms with Crippen molar-refractivity contribution in [3.05, 3.63) is 21.9 Å². The fourth-order valence-electron chi connectivity index (χ4n) is 4.77. The normalized spacial score (nSPS) is 22.1. The molecule has 0 spiro atoms. The molecule has 3 rings (SSSR count). The van der Waals surface area contributed by atoms with Gasteiger partial charge >= 0.3 is 0 Å². The second kappa shape index (κ2) is 10.3. The molecule has 0 radical (unpaired) electrons. The van der Waals surface area contributed by atoms with Crippen LogP contribution in [0.4, 0.5) is 0 Å². The van der Waals surface area contributed by atoms with Crippen LogP contribution in [0.25, 0.3) is 9.40 Å². The first-order chi connectivity index (χ1) is 12.7. The van der Waals surface area contributed by atoms with Gasteiger partial charge < -0.3 is 0 Å². The van der Waals surface area contributed by atoms with Gasteiger partial charge in [0, 0.05) is 19.2 Å². The zero-order chi connectivity index (χ0) is 18.4. The van der Waals surface area contributed by atoms with Gasteiger partial charge in [-0.3, -0.25) is 0 Å². The van der Waals surface area contributed by atoms with Gasteiger partial charge in [0.25, 0.3) is 0 Å². The summed E-state index contributed by atoms with van der Waals surface area (Å²) in [5.74, 6) is 2.71. The first-order valence-corrected chi connectivity index (χ1v) is 12.9. The van der Waals surface area contributed by atoms with Crippen molar-refractivity contribution in [2.75, 3.05) is 0 Å². The molecule has 0 aromatic carbocycles. The van der Waals surface area contributed by atoms with E-state index in [1.807, 2.05) is 0 Å². The predicted molar refractivity (Wildman–Crippen MR) is 121 cm³/mol. The van der Waals surface area contributed by atoms with E-state index in [2.05, 4.69) is 55.6 Å². The molecular formula is C24H38S2. The molecule has 0 saturated heterocycles. The number of rotatable bonds is 10. The SMILES string of the molecule is CCCCCCCc1cc2sc(C(C)C3CCC(CCC)CC3)cc2s1. The Labute approximate surface area is 169 Å². The maximum absolute atomic E-state index is 2.54. The first-order valence-electron chi connectivity index (χ1n) is 11.2. The zero-order valence-electron chi connectivity index (χ0n) is 17.2. The number of hydrogen-bond donors (Lipinski definition) is 0. The second-order valence-electron chi connectivity index (χ2n) is 8.61. The third kappa shape index (κ3) is 5.35. The Balaban J connectivity index is 1.52. The van der Waals surface area contributed by atoms with E-state index < -0.39 is 0 Å². The van der Waals surface area contributed by atoms with Crippen LogP contribution in [0.1, 0.15) is 107 Å². The smallest absolute Gasteiger partial charge is 0.0456 e. The molecule has 0 nitrogen and oxygen atoms in total. The molecule has 146 valence electrons. The van der Waals surface area contributed by atoms with Gasteiger partial charge in [0.15, 0.2) is 0 Å². The van der Waals surface area contributed by atoms with Crippen LogP contribution >= 0.6 is 22.7 Å². The van der Waals surface area contributed by atoms with Crippen LogP contribution in [0.15, 0.2) is 12.1 Å². The second-order valence-corrected chi connectivity index (χ2v) is 10.9. The minimum absolute atomic E-state index is 0.764. The van der Waals surface area contributed by atoms with Gasteiger partial charge in [-0.25, -0.2) is 0 Å². The summed E-state index contributed by atoms with van der Waals surface area (Å²) < 4.78 is 3.11. The van der Waals surface area contributed by atoms with E-state index in [0.717, 1.165) is 17.8 Å². The highest BCUT2D eigenvalue weighted by Gasteiger charge is 2.26. The number of aryl methyl sites for hydroxylation is 1. The highest BCUT2D eigenvalue weighted by atomic mass is 32.1. The van der Waals surface area contributed by atoms with Crippen molar-refractivity contribution >= 4 is 32.1 Å². The van der Waals surface area contributed by atoms with E-state index in [-0.39, 0.29) is 0 Å². The van der Waals surface area contributed by atoms with Crippen molar-refractivity contribution in [1.29, 1.82) is 0 Å². The van der Waals surface area contributed by atoms with Crippen LogP contribution in [-0.2, 0) is 6.42 Å². The lowest BCUT2D eigenvalue weighted by Gasteiger charge is -2.31. The maximum Gasteiger partial charge on any atom is 0.0456 e. The van der Waals surface area contributed by atoms with Gasteiger partial charge in [-0.2, -0.15) is 0 Å². The largest absolute Gasteiger partial charge is 0.139 e. The van der Waals surface area contributed by atoms with Crippen molar-refractivity contribution in [3.63, 3.8) is 0 Å². The van der Waals surface area contributed by atoms with Crippen molar-refractivity contribution < 1.29 is 0 Å². The van der Waals surface area contributed by atoms with Crippen LogP contribution in [0.2, 0.25) is 0 Å². The van der Waals surface area contributed by atoms with Gasteiger partial charge in [-0.15, -0.1) is 22.7 Å². The number of fused-ring (bicyclic) bond motifs is 1. The molecule has 0 bridgehead atoms. The summed E-state index contributed by atoms with van der Waals surface area (Å²) in [6, 6.07) is 5.03. The zero-order valence-corrected chi connectivity index (χ0v) is 18.8. The average Bonchev–Trinajstić information content (AvgIpc) is 3.20. The lowest BCUT2D eigenvalue weighted by atomic mass is 9.75. The molecular weight excluding hydrogens is 352 g/mol. The molecule has 1 fully saturated rings. The first kappa shape index (κ1) is 20.4. The molecule has 1 unspecified atom stereocenters. The molecule has 1 aliphatic carbocycles. The Kier molecular flexibility index (Phi) is 8.06. The number of thiophene rings is 2. The third-order valence-corrected chi connectivity index (χ3v) is 9.10. The molecule has 0 N–H and O–H groups in total. The summed E-state index contributed by atoms with van der Waals surface area (Å²) in [5, 5.41) is 0. The van der Waals surface area contributed by atoms with Gasteiger partial charge in [0.1, 0.15) is 0 Å². The molecule has 2 heterocycles. The van der Waals surface area contributed by atoms with Crippen LogP contribution in [0, 0.1) is 11.8 Å². The van der Waals surface area contributed by atoms with E-state index in [1.165, 1.54) is 77.0 Å². The molecule has 1 atom stereocenters. The van der Waals surface area contributed by atoms with Gasteiger partial charge in [0.2, 0.25) is 0 Å². The lowest BCUT2D eigenvalue weighted by molar-refractivity contribution is 0.240. The van der Waals surface area contributed by atoms with Crippen LogP contribution < -0.4 is 0 Å². The van der Waals surface area contributed by atoms with E-state index in [1.54, 1.807) is 19.2 Å². The Morgan fingerprint density at radius 1 is 0.885 bits per heavy atom. The molecule has 1 aliphatic rings. The summed E-state index contributed by atoms with van der Waals surface area (Å²) in [7, 11) is 0. The summed E-state index contributed by atoms with van der Waals surface area (Å²) in [6.07, 6.45) is 16.9. The highest BCUT2D eigenvalue weighted by molar-refractivity contribution is 7.27. The van der Waals surface area contributed by atoms with Gasteiger partial charge in [0.05, 0.1) is 0 Å². The van der Waals surface area contributed by atoms with E-state index in [9.17, 15) is 0 Å². The van der Waals surface area contributed by atoms with Crippen LogP contribution in [0.3, 0.4) is 0 Å². The minimum atomic E-state index is 0.764. The molecule has 26 heavy (non-hydrogen) atoms. The van der Waals surface area contributed by atoms with Crippen molar-refractivity contribution in [2.24, 2.45) is 11.8 Å². The highest BCUT2D eigenvalue weighted by Crippen LogP contribution is 2.44. The lowest BCUT2D eigenvalue weighted by Crippen LogP contribution is -2.18. The summed E-state index contributed by atoms with van der Waals surface area (Å²) in [5.41, 5.74) is 0. The topological polar surface area (TPSA) is 0 Å². The average molecular weight is 391 g/mol. The third-order valence-electron chi connectivity index (χ3n) is 6.55. The quantitative estimate of drug-likeness (QED) is 0.355. The van der Waals surface area contributed by atoms with Gasteiger partial charge in [-0.1, -0.05) is 72.1 Å². The van der Waals surface area contributed by atoms with E-state index in [4.69, 9.17) is 0 Å². The fourth-order valence-corrected chi connectivity index (χ4v) is 7.39. The summed E-state index contributed by atoms with van der Waals surface area (Å²) in [4.78, 5) is 3.27. The van der Waals surface area contributed by atoms with E-state index in [0.29, 0.717) is 0 Å². The summed E-state index contributed by atoms with van der Waals surface area (Å²) >= 11 is 4.15. The molecule has 1 saturated carbocycles. The number of hydrogen-bond acceptors (Lipinski definition) is 2. The van der Waals surface area contributed by atoms with E-state index >= 15 is 0 Å². The standard InChI is InChI=1S/C24H38S2/c1-4-6-7-8-9-11-21-16-23-24(25-21)17-22(26-23)18(3)20-14-12-19(10-5-2)13-15-20/h16-20H,4-15H2,1-3H3. The Hall–Kier alpha value is -0.340. The molecule has 0 aliphatic heterocycles. The Morgan fingerprint density at radius 2 is 1.62 bits per heavy atom. The minimum Gasteiger partial charge on any atom is -0.139 e. The molecule has 2 aromatic heterocycles. The van der Waals surface area contributed by atoms with Gasteiger partial charge in [-0.05, 0) is 55.6 Å². The predicted octanol–water partition coefficient (Wildman–Crippen LogP) is 9.19. The molecule has 0 amide bonds. The number of unbranched alkanes of at least 4 members (excludes halogenated alkanes) is 4.